The summed E-state index contributed by atoms with van der Waals surface area (Å²) in [4.78, 5) is 23.8. The minimum absolute atomic E-state index is 0.108. The third-order valence-electron chi connectivity index (χ3n) is 3.74. The molecule has 1 aliphatic rings. The highest BCUT2D eigenvalue weighted by molar-refractivity contribution is 6.06. The third-order valence-corrected chi connectivity index (χ3v) is 3.74. The van der Waals surface area contributed by atoms with Crippen molar-refractivity contribution in [2.45, 2.75) is 32.7 Å². The lowest BCUT2D eigenvalue weighted by atomic mass is 9.96. The summed E-state index contributed by atoms with van der Waals surface area (Å²) in [5, 5.41) is 15.5. The van der Waals surface area contributed by atoms with E-state index in [0.717, 1.165) is 25.9 Å². The number of aryl methyl sites for hydroxylation is 2. The fourth-order valence-corrected chi connectivity index (χ4v) is 2.60. The summed E-state index contributed by atoms with van der Waals surface area (Å²) in [6, 6.07) is 3.64. The van der Waals surface area contributed by atoms with Gasteiger partial charge in [-0.3, -0.25) is 4.79 Å². The number of carboxylic acids is 1. The highest BCUT2D eigenvalue weighted by Gasteiger charge is 2.23. The zero-order valence-corrected chi connectivity index (χ0v) is 11.8. The van der Waals surface area contributed by atoms with Crippen LogP contribution in [0.3, 0.4) is 0 Å². The molecule has 0 aliphatic carbocycles. The van der Waals surface area contributed by atoms with Crippen molar-refractivity contribution in [2.24, 2.45) is 0 Å². The molecular weight excluding hydrogens is 256 g/mol. The molecule has 1 aromatic carbocycles. The molecule has 0 unspecified atom stereocenters. The fraction of sp³-hybridized carbons (Fsp3) is 0.467. The molecule has 1 heterocycles. The van der Waals surface area contributed by atoms with Crippen molar-refractivity contribution < 1.29 is 14.7 Å². The maximum atomic E-state index is 12.4. The molecule has 0 atom stereocenters. The molecule has 0 aromatic heterocycles. The van der Waals surface area contributed by atoms with E-state index < -0.39 is 5.97 Å². The Bertz CT molecular complexity index is 534. The van der Waals surface area contributed by atoms with Gasteiger partial charge in [0.2, 0.25) is 0 Å². The van der Waals surface area contributed by atoms with Gasteiger partial charge in [-0.05, 0) is 50.9 Å². The van der Waals surface area contributed by atoms with Gasteiger partial charge in [-0.1, -0.05) is 12.1 Å². The van der Waals surface area contributed by atoms with Crippen LogP contribution in [0, 0.1) is 13.8 Å². The Kier molecular flexibility index (Phi) is 4.39. The molecule has 2 rings (SSSR count). The Morgan fingerprint density at radius 1 is 1.15 bits per heavy atom. The van der Waals surface area contributed by atoms with Crippen LogP contribution < -0.4 is 10.6 Å². The van der Waals surface area contributed by atoms with E-state index in [1.165, 1.54) is 0 Å². The van der Waals surface area contributed by atoms with Gasteiger partial charge in [0.1, 0.15) is 0 Å². The van der Waals surface area contributed by atoms with Crippen LogP contribution in [0.1, 0.15) is 44.7 Å². The molecule has 1 aromatic rings. The van der Waals surface area contributed by atoms with Crippen LogP contribution >= 0.6 is 0 Å². The summed E-state index contributed by atoms with van der Waals surface area (Å²) < 4.78 is 0. The molecule has 3 N–H and O–H groups in total. The first-order chi connectivity index (χ1) is 9.50. The molecule has 0 saturated carbocycles. The zero-order chi connectivity index (χ0) is 14.7. The van der Waals surface area contributed by atoms with Crippen LogP contribution in [0.2, 0.25) is 0 Å². The first kappa shape index (κ1) is 14.5. The van der Waals surface area contributed by atoms with Crippen LogP contribution in [0.5, 0.6) is 0 Å². The van der Waals surface area contributed by atoms with Gasteiger partial charge in [0.15, 0.2) is 0 Å². The highest BCUT2D eigenvalue weighted by Crippen LogP contribution is 2.19. The summed E-state index contributed by atoms with van der Waals surface area (Å²) in [5.74, 6) is -1.34. The number of carbonyl (C=O) groups excluding carboxylic acids is 1. The lowest BCUT2D eigenvalue weighted by Gasteiger charge is -2.24. The summed E-state index contributed by atoms with van der Waals surface area (Å²) in [5.41, 5.74) is 1.70. The zero-order valence-electron chi connectivity index (χ0n) is 11.8. The Morgan fingerprint density at radius 2 is 1.70 bits per heavy atom. The number of benzene rings is 1. The number of piperidine rings is 1. The lowest BCUT2D eigenvalue weighted by Crippen LogP contribution is -2.43. The number of carbonyl (C=O) groups is 2. The maximum absolute atomic E-state index is 12.4. The minimum Gasteiger partial charge on any atom is -0.478 e. The van der Waals surface area contributed by atoms with E-state index in [-0.39, 0.29) is 23.1 Å². The van der Waals surface area contributed by atoms with Crippen molar-refractivity contribution in [3.8, 4) is 0 Å². The Hall–Kier alpha value is -1.88. The van der Waals surface area contributed by atoms with Crippen molar-refractivity contribution in [3.63, 3.8) is 0 Å². The third kappa shape index (κ3) is 2.99. The number of hydrogen-bond donors (Lipinski definition) is 3. The summed E-state index contributed by atoms with van der Waals surface area (Å²) in [6.45, 7) is 5.24. The number of aromatic carboxylic acids is 1. The summed E-state index contributed by atoms with van der Waals surface area (Å²) >= 11 is 0. The average molecular weight is 276 g/mol. The largest absolute Gasteiger partial charge is 0.478 e. The van der Waals surface area contributed by atoms with Gasteiger partial charge < -0.3 is 15.7 Å². The second-order valence-electron chi connectivity index (χ2n) is 5.25. The lowest BCUT2D eigenvalue weighted by molar-refractivity contribution is 0.0689. The monoisotopic (exact) mass is 276 g/mol. The van der Waals surface area contributed by atoms with Gasteiger partial charge in [-0.2, -0.15) is 0 Å². The van der Waals surface area contributed by atoms with Gasteiger partial charge in [0.05, 0.1) is 11.1 Å². The minimum atomic E-state index is -1.05. The number of amides is 1. The predicted molar refractivity (Wildman–Crippen MR) is 76.2 cm³/mol. The molecule has 0 spiro atoms. The van der Waals surface area contributed by atoms with Gasteiger partial charge in [-0.25, -0.2) is 4.79 Å². The van der Waals surface area contributed by atoms with Gasteiger partial charge in [0, 0.05) is 6.04 Å². The molecule has 20 heavy (non-hydrogen) atoms. The van der Waals surface area contributed by atoms with Gasteiger partial charge in [-0.15, -0.1) is 0 Å². The normalized spacial score (nSPS) is 15.9. The molecule has 108 valence electrons. The molecule has 1 aliphatic heterocycles. The molecule has 1 fully saturated rings. The molecule has 5 nitrogen and oxygen atoms in total. The Balaban J connectivity index is 2.28. The van der Waals surface area contributed by atoms with Crippen molar-refractivity contribution in [3.05, 3.63) is 34.4 Å². The topological polar surface area (TPSA) is 78.4 Å². The second kappa shape index (κ2) is 6.05. The van der Waals surface area contributed by atoms with Crippen LogP contribution in [-0.4, -0.2) is 36.1 Å². The SMILES string of the molecule is Cc1ccc(C)c(C(=O)NC2CCNCC2)c1C(=O)O. The number of hydrogen-bond acceptors (Lipinski definition) is 3. The number of nitrogens with one attached hydrogen (secondary N) is 2. The van der Waals surface area contributed by atoms with Crippen molar-refractivity contribution >= 4 is 11.9 Å². The van der Waals surface area contributed by atoms with Crippen LogP contribution in [-0.2, 0) is 0 Å². The van der Waals surface area contributed by atoms with E-state index in [1.807, 2.05) is 0 Å². The second-order valence-corrected chi connectivity index (χ2v) is 5.25. The van der Waals surface area contributed by atoms with Crippen molar-refractivity contribution in [1.29, 1.82) is 0 Å². The smallest absolute Gasteiger partial charge is 0.336 e. The summed E-state index contributed by atoms with van der Waals surface area (Å²) in [6.07, 6.45) is 1.75. The van der Waals surface area contributed by atoms with Crippen molar-refractivity contribution in [2.75, 3.05) is 13.1 Å². The Morgan fingerprint density at radius 3 is 2.25 bits per heavy atom. The average Bonchev–Trinajstić information content (AvgIpc) is 2.41. The van der Waals surface area contributed by atoms with E-state index >= 15 is 0 Å². The molecule has 1 saturated heterocycles. The highest BCUT2D eigenvalue weighted by atomic mass is 16.4. The van der Waals surface area contributed by atoms with E-state index in [4.69, 9.17) is 0 Å². The molecule has 5 heteroatoms. The first-order valence-corrected chi connectivity index (χ1v) is 6.85. The summed E-state index contributed by atoms with van der Waals surface area (Å²) in [7, 11) is 0. The maximum Gasteiger partial charge on any atom is 0.336 e. The molecule has 0 bridgehead atoms. The quantitative estimate of drug-likeness (QED) is 0.781. The number of carboxylic acid groups (broad SMARTS) is 1. The van der Waals surface area contributed by atoms with Gasteiger partial charge >= 0.3 is 5.97 Å². The van der Waals surface area contributed by atoms with E-state index in [1.54, 1.807) is 26.0 Å². The van der Waals surface area contributed by atoms with Crippen LogP contribution in [0.25, 0.3) is 0 Å². The van der Waals surface area contributed by atoms with Crippen LogP contribution in [0.4, 0.5) is 0 Å². The first-order valence-electron chi connectivity index (χ1n) is 6.85. The Labute approximate surface area is 118 Å². The molecule has 0 radical (unpaired) electrons. The van der Waals surface area contributed by atoms with E-state index in [2.05, 4.69) is 10.6 Å². The number of rotatable bonds is 3. The van der Waals surface area contributed by atoms with E-state index in [0.29, 0.717) is 11.1 Å². The van der Waals surface area contributed by atoms with Crippen molar-refractivity contribution in [1.82, 2.24) is 10.6 Å². The van der Waals surface area contributed by atoms with E-state index in [9.17, 15) is 14.7 Å². The molecular formula is C15H20N2O3. The van der Waals surface area contributed by atoms with Gasteiger partial charge in [0.25, 0.3) is 5.91 Å². The fourth-order valence-electron chi connectivity index (χ4n) is 2.60. The predicted octanol–water partition coefficient (Wildman–Crippen LogP) is 1.48. The standard InChI is InChI=1S/C15H20N2O3/c1-9-3-4-10(2)13(15(19)20)12(9)14(18)17-11-5-7-16-8-6-11/h3-4,11,16H,5-8H2,1-2H3,(H,17,18)(H,19,20). The molecule has 1 amide bonds. The van der Waals surface area contributed by atoms with Crippen LogP contribution in [0.15, 0.2) is 12.1 Å².